The molecule has 0 aliphatic rings. The van der Waals surface area contributed by atoms with Gasteiger partial charge in [0.25, 0.3) is 0 Å². The van der Waals surface area contributed by atoms with Crippen molar-refractivity contribution in [2.24, 2.45) is 0 Å². The van der Waals surface area contributed by atoms with Gasteiger partial charge in [0.15, 0.2) is 5.82 Å². The van der Waals surface area contributed by atoms with Crippen LogP contribution in [0.1, 0.15) is 26.1 Å². The Bertz CT molecular complexity index is 319. The van der Waals surface area contributed by atoms with Crippen LogP contribution < -0.4 is 10.2 Å². The number of nitrogens with zero attached hydrogens (tertiary/aromatic N) is 3. The maximum absolute atomic E-state index is 5.08. The third-order valence-corrected chi connectivity index (χ3v) is 2.34. The summed E-state index contributed by atoms with van der Waals surface area (Å²) in [5, 5.41) is 3.21. The summed E-state index contributed by atoms with van der Waals surface area (Å²) in [6.45, 7) is 6.47. The van der Waals surface area contributed by atoms with Gasteiger partial charge in [0.1, 0.15) is 18.2 Å². The van der Waals surface area contributed by atoms with Crippen LogP contribution in [-0.4, -0.2) is 37.2 Å². The molecule has 0 spiro atoms. The van der Waals surface area contributed by atoms with Crippen LogP contribution in [-0.2, 0) is 11.3 Å². The molecule has 0 atom stereocenters. The molecule has 0 saturated heterocycles. The van der Waals surface area contributed by atoms with Crippen molar-refractivity contribution in [1.29, 1.82) is 0 Å². The summed E-state index contributed by atoms with van der Waals surface area (Å²) < 4.78 is 5.08. The fourth-order valence-electron chi connectivity index (χ4n) is 1.59. The molecule has 0 aliphatic carbocycles. The highest BCUT2D eigenvalue weighted by molar-refractivity contribution is 5.48. The third kappa shape index (κ3) is 4.19. The average Bonchev–Trinajstić information content (AvgIpc) is 2.30. The Labute approximate surface area is 103 Å². The van der Waals surface area contributed by atoms with E-state index >= 15 is 0 Å². The number of methoxy groups -OCH3 is 1. The molecule has 1 aromatic rings. The van der Waals surface area contributed by atoms with E-state index in [9.17, 15) is 0 Å². The topological polar surface area (TPSA) is 50.3 Å². The number of nitrogens with one attached hydrogen (secondary N) is 1. The molecule has 0 bridgehead atoms. The number of hydrogen-bond donors (Lipinski definition) is 1. The second kappa shape index (κ2) is 7.06. The second-order valence-corrected chi connectivity index (χ2v) is 3.91. The Balaban J connectivity index is 2.93. The monoisotopic (exact) mass is 238 g/mol. The molecule has 1 aromatic heterocycles. The van der Waals surface area contributed by atoms with Crippen molar-refractivity contribution in [2.45, 2.75) is 26.9 Å². The summed E-state index contributed by atoms with van der Waals surface area (Å²) in [5.41, 5.74) is 0. The number of anilines is 2. The molecular weight excluding hydrogens is 216 g/mol. The molecule has 1 rings (SSSR count). The lowest BCUT2D eigenvalue weighted by molar-refractivity contribution is 0.178. The molecule has 0 fully saturated rings. The molecule has 1 N–H and O–H groups in total. The lowest BCUT2D eigenvalue weighted by atomic mass is 10.4. The van der Waals surface area contributed by atoms with Crippen molar-refractivity contribution in [3.8, 4) is 0 Å². The van der Waals surface area contributed by atoms with E-state index in [-0.39, 0.29) is 0 Å². The molecule has 0 saturated carbocycles. The van der Waals surface area contributed by atoms with E-state index in [1.807, 2.05) is 20.0 Å². The van der Waals surface area contributed by atoms with E-state index in [2.05, 4.69) is 27.1 Å². The van der Waals surface area contributed by atoms with Crippen molar-refractivity contribution in [2.75, 3.05) is 37.5 Å². The van der Waals surface area contributed by atoms with Crippen molar-refractivity contribution >= 4 is 11.6 Å². The van der Waals surface area contributed by atoms with Crippen LogP contribution in [0.25, 0.3) is 0 Å². The summed E-state index contributed by atoms with van der Waals surface area (Å²) in [5.74, 6) is 2.50. The maximum atomic E-state index is 5.08. The molecule has 17 heavy (non-hydrogen) atoms. The van der Waals surface area contributed by atoms with Crippen LogP contribution in [0.5, 0.6) is 0 Å². The first-order valence-corrected chi connectivity index (χ1v) is 6.03. The first-order chi connectivity index (χ1) is 8.21. The highest BCUT2D eigenvalue weighted by Gasteiger charge is 2.07. The van der Waals surface area contributed by atoms with E-state index in [4.69, 9.17) is 4.74 Å². The Morgan fingerprint density at radius 3 is 2.71 bits per heavy atom. The Kier molecular flexibility index (Phi) is 5.69. The van der Waals surface area contributed by atoms with Gasteiger partial charge in [-0.25, -0.2) is 9.97 Å². The normalized spacial score (nSPS) is 10.4. The van der Waals surface area contributed by atoms with Gasteiger partial charge in [-0.2, -0.15) is 0 Å². The fraction of sp³-hybridized carbons (Fsp3) is 0.667. The lowest BCUT2D eigenvalue weighted by Crippen LogP contribution is -2.20. The van der Waals surface area contributed by atoms with Gasteiger partial charge < -0.3 is 15.0 Å². The predicted molar refractivity (Wildman–Crippen MR) is 70.5 cm³/mol. The highest BCUT2D eigenvalue weighted by Crippen LogP contribution is 2.15. The molecule has 0 aliphatic heterocycles. The van der Waals surface area contributed by atoms with E-state index in [0.717, 1.165) is 31.1 Å². The van der Waals surface area contributed by atoms with Crippen molar-refractivity contribution in [1.82, 2.24) is 9.97 Å². The minimum absolute atomic E-state index is 0.437. The predicted octanol–water partition coefficient (Wildman–Crippen LogP) is 1.90. The van der Waals surface area contributed by atoms with Crippen molar-refractivity contribution < 1.29 is 4.74 Å². The molecule has 0 amide bonds. The summed E-state index contributed by atoms with van der Waals surface area (Å²) in [4.78, 5) is 11.0. The van der Waals surface area contributed by atoms with Crippen LogP contribution in [0, 0.1) is 0 Å². The number of aromatic nitrogens is 2. The van der Waals surface area contributed by atoms with Gasteiger partial charge in [0.2, 0.25) is 0 Å². The van der Waals surface area contributed by atoms with Gasteiger partial charge in [-0.3, -0.25) is 0 Å². The van der Waals surface area contributed by atoms with Gasteiger partial charge in [-0.1, -0.05) is 6.92 Å². The van der Waals surface area contributed by atoms with Crippen LogP contribution in [0.2, 0.25) is 0 Å². The largest absolute Gasteiger partial charge is 0.377 e. The van der Waals surface area contributed by atoms with Gasteiger partial charge in [0.05, 0.1) is 0 Å². The van der Waals surface area contributed by atoms with Crippen LogP contribution >= 0.6 is 0 Å². The molecule has 5 heteroatoms. The number of ether oxygens (including phenoxy) is 1. The van der Waals surface area contributed by atoms with Gasteiger partial charge in [0, 0.05) is 33.3 Å². The van der Waals surface area contributed by atoms with E-state index in [1.54, 1.807) is 7.11 Å². The van der Waals surface area contributed by atoms with E-state index < -0.39 is 0 Å². The molecular formula is C12H22N4O. The average molecular weight is 238 g/mol. The Morgan fingerprint density at radius 2 is 2.12 bits per heavy atom. The summed E-state index contributed by atoms with van der Waals surface area (Å²) in [6.07, 6.45) is 1.09. The van der Waals surface area contributed by atoms with Crippen LogP contribution in [0.3, 0.4) is 0 Å². The first-order valence-electron chi connectivity index (χ1n) is 6.03. The fourth-order valence-corrected chi connectivity index (χ4v) is 1.59. The third-order valence-electron chi connectivity index (χ3n) is 2.34. The van der Waals surface area contributed by atoms with Crippen LogP contribution in [0.4, 0.5) is 11.6 Å². The molecule has 0 unspecified atom stereocenters. The zero-order chi connectivity index (χ0) is 12.7. The first kappa shape index (κ1) is 13.7. The maximum Gasteiger partial charge on any atom is 0.158 e. The standard InChI is InChI=1S/C12H22N4O/c1-5-7-16(3)12-8-10(13-6-2)14-11(15-12)9-17-4/h8H,5-7,9H2,1-4H3,(H,13,14,15). The van der Waals surface area contributed by atoms with E-state index in [1.165, 1.54) is 0 Å². The molecule has 5 nitrogen and oxygen atoms in total. The van der Waals surface area contributed by atoms with Crippen molar-refractivity contribution in [3.05, 3.63) is 11.9 Å². The number of rotatable bonds is 7. The summed E-state index contributed by atoms with van der Waals surface area (Å²) >= 11 is 0. The zero-order valence-electron chi connectivity index (χ0n) is 11.2. The SMILES string of the molecule is CCCN(C)c1cc(NCC)nc(COC)n1. The molecule has 0 aromatic carbocycles. The summed E-state index contributed by atoms with van der Waals surface area (Å²) in [6, 6.07) is 1.97. The van der Waals surface area contributed by atoms with Gasteiger partial charge in [-0.05, 0) is 13.3 Å². The lowest BCUT2D eigenvalue weighted by Gasteiger charge is -2.18. The minimum atomic E-state index is 0.437. The van der Waals surface area contributed by atoms with Gasteiger partial charge >= 0.3 is 0 Å². The smallest absolute Gasteiger partial charge is 0.158 e. The van der Waals surface area contributed by atoms with E-state index in [0.29, 0.717) is 12.4 Å². The molecule has 0 radical (unpaired) electrons. The van der Waals surface area contributed by atoms with Crippen LogP contribution in [0.15, 0.2) is 6.07 Å². The Morgan fingerprint density at radius 1 is 1.35 bits per heavy atom. The molecule has 96 valence electrons. The molecule has 1 heterocycles. The number of hydrogen-bond acceptors (Lipinski definition) is 5. The highest BCUT2D eigenvalue weighted by atomic mass is 16.5. The second-order valence-electron chi connectivity index (χ2n) is 3.91. The zero-order valence-corrected chi connectivity index (χ0v) is 11.2. The minimum Gasteiger partial charge on any atom is -0.377 e. The van der Waals surface area contributed by atoms with Crippen molar-refractivity contribution in [3.63, 3.8) is 0 Å². The quantitative estimate of drug-likeness (QED) is 0.786. The summed E-state index contributed by atoms with van der Waals surface area (Å²) in [7, 11) is 3.69. The van der Waals surface area contributed by atoms with Gasteiger partial charge in [-0.15, -0.1) is 0 Å². The Hall–Kier alpha value is -1.36.